The Balaban J connectivity index is 1.48. The number of pyridine rings is 1. The maximum atomic E-state index is 5.42. The summed E-state index contributed by atoms with van der Waals surface area (Å²) in [6.07, 6.45) is 1.80. The first-order valence-corrected chi connectivity index (χ1v) is 8.72. The predicted octanol–water partition coefficient (Wildman–Crippen LogP) is 2.13. The highest BCUT2D eigenvalue weighted by molar-refractivity contribution is 5.94. The normalized spacial score (nSPS) is 14.5. The van der Waals surface area contributed by atoms with Crippen molar-refractivity contribution in [2.75, 3.05) is 25.8 Å². The van der Waals surface area contributed by atoms with E-state index in [1.807, 2.05) is 43.3 Å². The lowest BCUT2D eigenvalue weighted by atomic mass is 10.2. The van der Waals surface area contributed by atoms with Crippen LogP contribution in [0.1, 0.15) is 11.4 Å². The fraction of sp³-hybridized carbons (Fsp3) is 0.263. The van der Waals surface area contributed by atoms with Crippen molar-refractivity contribution in [2.24, 2.45) is 4.99 Å². The number of aromatic nitrogens is 3. The van der Waals surface area contributed by atoms with E-state index in [0.717, 1.165) is 34.6 Å². The van der Waals surface area contributed by atoms with Gasteiger partial charge in [0.25, 0.3) is 0 Å². The minimum atomic E-state index is 0.494. The molecule has 1 aliphatic heterocycles. The molecule has 8 heteroatoms. The molecule has 0 unspecified atom stereocenters. The van der Waals surface area contributed by atoms with Gasteiger partial charge in [-0.3, -0.25) is 15.2 Å². The van der Waals surface area contributed by atoms with Crippen LogP contribution in [0, 0.1) is 6.92 Å². The van der Waals surface area contributed by atoms with Gasteiger partial charge >= 0.3 is 0 Å². The fourth-order valence-electron chi connectivity index (χ4n) is 2.98. The quantitative estimate of drug-likeness (QED) is 0.734. The topological polar surface area (TPSA) is 87.6 Å². The maximum absolute atomic E-state index is 5.42. The van der Waals surface area contributed by atoms with Crippen LogP contribution in [0.2, 0.25) is 0 Å². The molecule has 0 saturated heterocycles. The number of methoxy groups -OCH3 is 1. The summed E-state index contributed by atoms with van der Waals surface area (Å²) >= 11 is 0. The number of nitrogens with one attached hydrogen (secondary N) is 2. The Hall–Kier alpha value is -3.26. The summed E-state index contributed by atoms with van der Waals surface area (Å²) in [7, 11) is 1.64. The molecule has 0 saturated carbocycles. The van der Waals surface area contributed by atoms with Crippen molar-refractivity contribution in [3.05, 3.63) is 54.0 Å². The fourth-order valence-corrected chi connectivity index (χ4v) is 2.98. The van der Waals surface area contributed by atoms with Crippen LogP contribution >= 0.6 is 0 Å². The van der Waals surface area contributed by atoms with Crippen LogP contribution in [0.4, 0.5) is 5.95 Å². The van der Waals surface area contributed by atoms with Crippen molar-refractivity contribution in [2.45, 2.75) is 13.5 Å². The van der Waals surface area contributed by atoms with Crippen LogP contribution in [0.15, 0.2) is 47.6 Å². The van der Waals surface area contributed by atoms with Gasteiger partial charge in [0.2, 0.25) is 11.9 Å². The molecule has 8 nitrogen and oxygen atoms in total. The zero-order chi connectivity index (χ0) is 18.6. The Morgan fingerprint density at radius 1 is 1.19 bits per heavy atom. The summed E-state index contributed by atoms with van der Waals surface area (Å²) < 4.78 is 5.42. The number of ether oxygens (including phenoxy) is 1. The molecule has 0 bridgehead atoms. The second-order valence-electron chi connectivity index (χ2n) is 6.25. The van der Waals surface area contributed by atoms with Crippen molar-refractivity contribution in [1.29, 1.82) is 0 Å². The van der Waals surface area contributed by atoms with Gasteiger partial charge in [0.05, 0.1) is 31.8 Å². The second-order valence-corrected chi connectivity index (χ2v) is 6.25. The molecule has 2 N–H and O–H groups in total. The van der Waals surface area contributed by atoms with E-state index in [1.54, 1.807) is 13.3 Å². The van der Waals surface area contributed by atoms with Crippen molar-refractivity contribution in [3.63, 3.8) is 0 Å². The lowest BCUT2D eigenvalue weighted by Gasteiger charge is -2.26. The largest absolute Gasteiger partial charge is 0.494 e. The van der Waals surface area contributed by atoms with Gasteiger partial charge in [-0.05, 0) is 25.1 Å². The van der Waals surface area contributed by atoms with E-state index in [4.69, 9.17) is 4.74 Å². The average Bonchev–Trinajstić information content (AvgIpc) is 2.70. The van der Waals surface area contributed by atoms with Crippen LogP contribution < -0.4 is 15.4 Å². The Bertz CT molecular complexity index is 974. The van der Waals surface area contributed by atoms with Gasteiger partial charge < -0.3 is 10.1 Å². The molecule has 138 valence electrons. The van der Waals surface area contributed by atoms with Crippen LogP contribution in [-0.4, -0.2) is 46.3 Å². The molecule has 0 aliphatic carbocycles. The molecule has 0 spiro atoms. The highest BCUT2D eigenvalue weighted by Crippen LogP contribution is 2.26. The molecular formula is C19H21N7O. The number of guanidine groups is 1. The molecule has 1 aromatic carbocycles. The van der Waals surface area contributed by atoms with Gasteiger partial charge in [-0.25, -0.2) is 15.0 Å². The summed E-state index contributed by atoms with van der Waals surface area (Å²) in [6.45, 7) is 3.94. The number of fused-ring (bicyclic) bond motifs is 1. The molecule has 0 radical (unpaired) electrons. The molecule has 3 aromatic rings. The van der Waals surface area contributed by atoms with Gasteiger partial charge in [0.15, 0.2) is 0 Å². The van der Waals surface area contributed by atoms with E-state index < -0.39 is 0 Å². The first-order valence-electron chi connectivity index (χ1n) is 8.72. The number of rotatable bonds is 4. The van der Waals surface area contributed by atoms with Gasteiger partial charge in [0, 0.05) is 18.1 Å². The monoisotopic (exact) mass is 363 g/mol. The lowest BCUT2D eigenvalue weighted by Crippen LogP contribution is -2.45. The highest BCUT2D eigenvalue weighted by atomic mass is 16.5. The summed E-state index contributed by atoms with van der Waals surface area (Å²) in [6, 6.07) is 11.7. The number of nitrogens with zero attached hydrogens (tertiary/aromatic N) is 5. The third-order valence-corrected chi connectivity index (χ3v) is 4.34. The summed E-state index contributed by atoms with van der Waals surface area (Å²) in [5.74, 6) is 1.87. The minimum absolute atomic E-state index is 0.494. The standard InChI is InChI=1S/C19H21N7O/c1-13-15-7-5-8-16(27-2)17(15)24-19(23-13)25-18-21-11-26(12-22-18)10-14-6-3-4-9-20-14/h3-9H,10-12H2,1-2H3,(H2,21,22,23,24,25). The Labute approximate surface area is 157 Å². The molecular weight excluding hydrogens is 342 g/mol. The summed E-state index contributed by atoms with van der Waals surface area (Å²) in [5.41, 5.74) is 2.68. The molecule has 27 heavy (non-hydrogen) atoms. The Morgan fingerprint density at radius 2 is 2.11 bits per heavy atom. The van der Waals surface area contributed by atoms with Gasteiger partial charge in [0.1, 0.15) is 11.3 Å². The van der Waals surface area contributed by atoms with E-state index >= 15 is 0 Å². The molecule has 0 amide bonds. The van der Waals surface area contributed by atoms with Crippen LogP contribution in [-0.2, 0) is 6.54 Å². The van der Waals surface area contributed by atoms with E-state index in [2.05, 4.69) is 35.5 Å². The Morgan fingerprint density at radius 3 is 2.85 bits per heavy atom. The third-order valence-electron chi connectivity index (χ3n) is 4.34. The molecule has 0 atom stereocenters. The van der Waals surface area contributed by atoms with Crippen LogP contribution in [0.3, 0.4) is 0 Å². The van der Waals surface area contributed by atoms with Crippen molar-refractivity contribution < 1.29 is 4.74 Å². The number of aryl methyl sites for hydroxylation is 1. The zero-order valence-electron chi connectivity index (χ0n) is 15.3. The zero-order valence-corrected chi connectivity index (χ0v) is 15.3. The lowest BCUT2D eigenvalue weighted by molar-refractivity contribution is 0.254. The SMILES string of the molecule is COc1cccc2c(C)nc(NC3=NCN(Cc4ccccn4)CN3)nc12. The van der Waals surface area contributed by atoms with Gasteiger partial charge in [-0.2, -0.15) is 0 Å². The first kappa shape index (κ1) is 17.2. The smallest absolute Gasteiger partial charge is 0.230 e. The molecule has 2 aromatic heterocycles. The minimum Gasteiger partial charge on any atom is -0.494 e. The highest BCUT2D eigenvalue weighted by Gasteiger charge is 2.15. The van der Waals surface area contributed by atoms with Crippen LogP contribution in [0.25, 0.3) is 10.9 Å². The number of para-hydroxylation sites is 1. The second kappa shape index (κ2) is 7.55. The van der Waals surface area contributed by atoms with Crippen molar-refractivity contribution in [3.8, 4) is 5.75 Å². The summed E-state index contributed by atoms with van der Waals surface area (Å²) in [4.78, 5) is 20.2. The van der Waals surface area contributed by atoms with Gasteiger partial charge in [-0.1, -0.05) is 18.2 Å². The summed E-state index contributed by atoms with van der Waals surface area (Å²) in [5, 5.41) is 7.40. The number of hydrogen-bond donors (Lipinski definition) is 2. The molecule has 4 rings (SSSR count). The first-order chi connectivity index (χ1) is 13.2. The predicted molar refractivity (Wildman–Crippen MR) is 105 cm³/mol. The number of hydrogen-bond acceptors (Lipinski definition) is 8. The number of anilines is 1. The van der Waals surface area contributed by atoms with E-state index in [9.17, 15) is 0 Å². The van der Waals surface area contributed by atoms with Crippen molar-refractivity contribution >= 4 is 22.8 Å². The third kappa shape index (κ3) is 3.80. The Kier molecular flexibility index (Phi) is 4.80. The molecule has 3 heterocycles. The average molecular weight is 363 g/mol. The van der Waals surface area contributed by atoms with E-state index in [1.165, 1.54) is 0 Å². The van der Waals surface area contributed by atoms with E-state index in [-0.39, 0.29) is 0 Å². The maximum Gasteiger partial charge on any atom is 0.230 e. The number of benzene rings is 1. The number of aliphatic imine (C=N–C) groups is 1. The molecule has 0 fully saturated rings. The molecule has 1 aliphatic rings. The van der Waals surface area contributed by atoms with Gasteiger partial charge in [-0.15, -0.1) is 0 Å². The van der Waals surface area contributed by atoms with E-state index in [0.29, 0.717) is 25.2 Å². The van der Waals surface area contributed by atoms with Crippen molar-refractivity contribution in [1.82, 2.24) is 25.2 Å². The van der Waals surface area contributed by atoms with Crippen LogP contribution in [0.5, 0.6) is 5.75 Å².